The summed E-state index contributed by atoms with van der Waals surface area (Å²) in [6, 6.07) is 13.7. The van der Waals surface area contributed by atoms with Crippen LogP contribution in [-0.4, -0.2) is 70.3 Å². The molecule has 1 heterocycles. The van der Waals surface area contributed by atoms with E-state index in [1.165, 1.54) is 13.2 Å². The second-order valence-electron chi connectivity index (χ2n) is 15.0. The molecule has 13 nitrogen and oxygen atoms in total. The Morgan fingerprint density at radius 2 is 1.62 bits per heavy atom. The minimum absolute atomic E-state index is 0.0131. The quantitative estimate of drug-likeness (QED) is 0.0540. The first-order valence-corrected chi connectivity index (χ1v) is 20.2. The van der Waals surface area contributed by atoms with Crippen LogP contribution in [0.15, 0.2) is 71.1 Å². The first-order valence-electron chi connectivity index (χ1n) is 18.8. The molecule has 0 bridgehead atoms. The molecule has 2 aliphatic rings. The molecular formula is C42H53N5O8S. The molecule has 2 amide bonds. The summed E-state index contributed by atoms with van der Waals surface area (Å²) in [5.74, 6) is -0.968. The van der Waals surface area contributed by atoms with Gasteiger partial charge in [0.25, 0.3) is 10.0 Å². The highest BCUT2D eigenvalue weighted by Gasteiger charge is 2.38. The lowest BCUT2D eigenvalue weighted by Gasteiger charge is -2.40. The van der Waals surface area contributed by atoms with Crippen molar-refractivity contribution >= 4 is 34.0 Å². The van der Waals surface area contributed by atoms with Gasteiger partial charge in [-0.2, -0.15) is 0 Å². The number of methoxy groups -OCH3 is 1. The van der Waals surface area contributed by atoms with Gasteiger partial charge in [0.15, 0.2) is 0 Å². The molecule has 1 aliphatic carbocycles. The SMILES string of the molecule is C=CC[C@H](NC(=O)[C@H](CCCN=C(N)NS(=O)(=O)c1c(C)c(C)c2c(c1C)C[C@@H](C)C(C)(C)O2)NC(=O)OCC1c2ccccc2-c2ccccc21)C(=O)OC. The highest BCUT2D eigenvalue weighted by Crippen LogP contribution is 2.45. The predicted molar refractivity (Wildman–Crippen MR) is 215 cm³/mol. The number of aliphatic imine (C=N–C) groups is 1. The van der Waals surface area contributed by atoms with Crippen LogP contribution < -0.4 is 25.8 Å². The minimum Gasteiger partial charge on any atom is -0.487 e. The van der Waals surface area contributed by atoms with Crippen molar-refractivity contribution in [2.24, 2.45) is 16.6 Å². The van der Waals surface area contributed by atoms with E-state index in [1.807, 2.05) is 69.3 Å². The molecule has 0 spiro atoms. The maximum absolute atomic E-state index is 13.7. The van der Waals surface area contributed by atoms with E-state index in [4.69, 9.17) is 19.9 Å². The van der Waals surface area contributed by atoms with Gasteiger partial charge in [0, 0.05) is 12.5 Å². The van der Waals surface area contributed by atoms with Crippen molar-refractivity contribution in [2.45, 2.75) is 95.7 Å². The van der Waals surface area contributed by atoms with E-state index < -0.39 is 45.7 Å². The Kier molecular flexibility index (Phi) is 12.8. The van der Waals surface area contributed by atoms with E-state index in [2.05, 4.69) is 33.9 Å². The number of ether oxygens (including phenoxy) is 3. The molecule has 3 aromatic carbocycles. The molecule has 0 fully saturated rings. The van der Waals surface area contributed by atoms with E-state index in [1.54, 1.807) is 13.8 Å². The monoisotopic (exact) mass is 787 g/mol. The van der Waals surface area contributed by atoms with E-state index in [0.29, 0.717) is 17.5 Å². The van der Waals surface area contributed by atoms with Gasteiger partial charge in [-0.15, -0.1) is 6.58 Å². The fourth-order valence-corrected chi connectivity index (χ4v) is 8.94. The van der Waals surface area contributed by atoms with Crippen LogP contribution in [0.3, 0.4) is 0 Å². The number of carbonyl (C=O) groups excluding carboxylic acids is 3. The summed E-state index contributed by atoms with van der Waals surface area (Å²) in [5.41, 5.74) is 12.7. The number of guanidine groups is 1. The Bertz CT molecular complexity index is 2100. The lowest BCUT2D eigenvalue weighted by atomic mass is 9.81. The van der Waals surface area contributed by atoms with Crippen molar-refractivity contribution < 1.29 is 37.0 Å². The third kappa shape index (κ3) is 8.85. The van der Waals surface area contributed by atoms with Crippen LogP contribution in [0, 0.1) is 26.7 Å². The molecule has 0 unspecified atom stereocenters. The van der Waals surface area contributed by atoms with Gasteiger partial charge in [-0.3, -0.25) is 9.79 Å². The third-order valence-corrected chi connectivity index (χ3v) is 12.6. The maximum Gasteiger partial charge on any atom is 0.407 e. The molecule has 300 valence electrons. The Balaban J connectivity index is 1.26. The van der Waals surface area contributed by atoms with Crippen molar-refractivity contribution in [2.75, 3.05) is 20.3 Å². The van der Waals surface area contributed by atoms with Crippen LogP contribution in [0.4, 0.5) is 4.79 Å². The zero-order valence-corrected chi connectivity index (χ0v) is 34.0. The van der Waals surface area contributed by atoms with Crippen molar-refractivity contribution in [1.82, 2.24) is 15.4 Å². The zero-order valence-electron chi connectivity index (χ0n) is 33.2. The molecule has 0 aromatic heterocycles. The van der Waals surface area contributed by atoms with Gasteiger partial charge in [0.05, 0.1) is 12.0 Å². The van der Waals surface area contributed by atoms with Gasteiger partial charge in [-0.25, -0.2) is 22.7 Å². The van der Waals surface area contributed by atoms with Gasteiger partial charge < -0.3 is 30.6 Å². The largest absolute Gasteiger partial charge is 0.487 e. The second-order valence-corrected chi connectivity index (χ2v) is 16.6. The van der Waals surface area contributed by atoms with E-state index in [-0.39, 0.29) is 55.1 Å². The van der Waals surface area contributed by atoms with Gasteiger partial charge in [0.1, 0.15) is 30.0 Å². The Hall–Kier alpha value is -5.37. The minimum atomic E-state index is -4.14. The van der Waals surface area contributed by atoms with Gasteiger partial charge in [-0.1, -0.05) is 61.5 Å². The smallest absolute Gasteiger partial charge is 0.407 e. The highest BCUT2D eigenvalue weighted by atomic mass is 32.2. The molecule has 5 rings (SSSR count). The first-order chi connectivity index (χ1) is 26.5. The number of carbonyl (C=O) groups is 3. The van der Waals surface area contributed by atoms with Crippen LogP contribution in [0.25, 0.3) is 11.1 Å². The number of benzene rings is 3. The summed E-state index contributed by atoms with van der Waals surface area (Å²) in [5, 5.41) is 5.26. The number of rotatable bonds is 14. The van der Waals surface area contributed by atoms with Crippen LogP contribution >= 0.6 is 0 Å². The van der Waals surface area contributed by atoms with Crippen molar-refractivity contribution in [3.05, 3.63) is 94.6 Å². The molecular weight excluding hydrogens is 735 g/mol. The topological polar surface area (TPSA) is 188 Å². The van der Waals surface area contributed by atoms with Crippen LogP contribution in [0.5, 0.6) is 5.75 Å². The first kappa shape index (κ1) is 41.8. The number of fused-ring (bicyclic) bond motifs is 4. The van der Waals surface area contributed by atoms with Crippen molar-refractivity contribution in [3.63, 3.8) is 0 Å². The Morgan fingerprint density at radius 3 is 2.23 bits per heavy atom. The summed E-state index contributed by atoms with van der Waals surface area (Å²) in [4.78, 5) is 43.5. The number of esters is 1. The van der Waals surface area contributed by atoms with Gasteiger partial charge >= 0.3 is 12.1 Å². The molecule has 1 aliphatic heterocycles. The molecule has 0 saturated heterocycles. The molecule has 14 heteroatoms. The van der Waals surface area contributed by atoms with E-state index in [9.17, 15) is 22.8 Å². The van der Waals surface area contributed by atoms with Gasteiger partial charge in [0.2, 0.25) is 11.9 Å². The molecule has 3 aromatic rings. The standard InChI is InChI=1S/C42H53N5O8S/c1-9-15-35(39(49)53-8)45-38(48)34(46-41(50)54-23-33-30-18-12-10-16-28(30)29-17-11-13-19-31(29)33)20-14-21-44-40(43)47-56(51,52)37-26(4)25(3)36-32(27(37)5)22-24(2)42(6,7)55-36/h9-13,16-19,24,33-35H,1,14-15,20-23H2,2-8H3,(H,45,48)(H,46,50)(H3,43,44,47)/t24-,34+,35+/m1/s1. The number of sulfonamides is 1. The third-order valence-electron chi connectivity index (χ3n) is 11.0. The highest BCUT2D eigenvalue weighted by molar-refractivity contribution is 7.90. The number of amides is 2. The number of hydrogen-bond acceptors (Lipinski definition) is 9. The fraction of sp³-hybridized carbons (Fsp3) is 0.429. The number of nitrogens with two attached hydrogens (primary N) is 1. The average Bonchev–Trinajstić information content (AvgIpc) is 3.47. The Labute approximate surface area is 329 Å². The summed E-state index contributed by atoms with van der Waals surface area (Å²) < 4.78 is 46.8. The second kappa shape index (κ2) is 17.2. The molecule has 3 atom stereocenters. The maximum atomic E-state index is 13.7. The summed E-state index contributed by atoms with van der Waals surface area (Å²) in [7, 11) is -2.93. The number of nitrogens with zero attached hydrogens (tertiary/aromatic N) is 1. The molecule has 0 radical (unpaired) electrons. The van der Waals surface area contributed by atoms with Gasteiger partial charge in [-0.05, 0) is 111 Å². The number of hydrogen-bond donors (Lipinski definition) is 4. The summed E-state index contributed by atoms with van der Waals surface area (Å²) in [6.07, 6.45) is 1.67. The fourth-order valence-electron chi connectivity index (χ4n) is 7.42. The number of nitrogens with one attached hydrogen (secondary N) is 3. The van der Waals surface area contributed by atoms with E-state index in [0.717, 1.165) is 39.1 Å². The molecule has 5 N–H and O–H groups in total. The summed E-state index contributed by atoms with van der Waals surface area (Å²) in [6.45, 7) is 15.2. The normalized spacial score (nSPS) is 16.9. The zero-order chi connectivity index (χ0) is 40.9. The Morgan fingerprint density at radius 1 is 1.00 bits per heavy atom. The van der Waals surface area contributed by atoms with E-state index >= 15 is 0 Å². The lowest BCUT2D eigenvalue weighted by Crippen LogP contribution is -2.52. The average molecular weight is 788 g/mol. The summed E-state index contributed by atoms with van der Waals surface area (Å²) >= 11 is 0. The van der Waals surface area contributed by atoms with Crippen LogP contribution in [-0.2, 0) is 35.5 Å². The molecule has 0 saturated carbocycles. The lowest BCUT2D eigenvalue weighted by molar-refractivity contribution is -0.145. The van der Waals surface area contributed by atoms with Crippen molar-refractivity contribution in [1.29, 1.82) is 0 Å². The molecule has 56 heavy (non-hydrogen) atoms. The predicted octanol–water partition coefficient (Wildman–Crippen LogP) is 5.48. The number of alkyl carbamates (subject to hydrolysis) is 1. The van der Waals surface area contributed by atoms with Crippen LogP contribution in [0.2, 0.25) is 0 Å². The van der Waals surface area contributed by atoms with Crippen LogP contribution in [0.1, 0.15) is 79.3 Å². The van der Waals surface area contributed by atoms with Crippen molar-refractivity contribution in [3.8, 4) is 16.9 Å².